The quantitative estimate of drug-likeness (QED) is 0.790. The molecule has 0 radical (unpaired) electrons. The van der Waals surface area contributed by atoms with Gasteiger partial charge in [0.2, 0.25) is 0 Å². The van der Waals surface area contributed by atoms with E-state index in [4.69, 9.17) is 0 Å². The zero-order valence-electron chi connectivity index (χ0n) is 8.55. The van der Waals surface area contributed by atoms with Crippen LogP contribution in [-0.2, 0) is 6.54 Å². The van der Waals surface area contributed by atoms with E-state index in [2.05, 4.69) is 10.3 Å². The Labute approximate surface area is 88.1 Å². The van der Waals surface area contributed by atoms with Crippen LogP contribution in [0.15, 0.2) is 36.7 Å². The maximum atomic E-state index is 13.2. The van der Waals surface area contributed by atoms with E-state index in [-0.39, 0.29) is 5.82 Å². The van der Waals surface area contributed by atoms with Gasteiger partial charge in [-0.1, -0.05) is 6.07 Å². The molecule has 1 aromatic heterocycles. The lowest BCUT2D eigenvalue weighted by atomic mass is 10.2. The second kappa shape index (κ2) is 4.17. The molecule has 0 bridgehead atoms. The molecule has 0 aliphatic heterocycles. The highest BCUT2D eigenvalue weighted by atomic mass is 19.1. The number of benzene rings is 1. The van der Waals surface area contributed by atoms with Crippen molar-refractivity contribution >= 4 is 5.69 Å². The van der Waals surface area contributed by atoms with Gasteiger partial charge in [0, 0.05) is 30.2 Å². The number of rotatable bonds is 3. The molecule has 2 aromatic rings. The van der Waals surface area contributed by atoms with Gasteiger partial charge < -0.3 is 10.3 Å². The summed E-state index contributed by atoms with van der Waals surface area (Å²) in [5, 5.41) is 3.20. The van der Waals surface area contributed by atoms with Crippen LogP contribution < -0.4 is 5.32 Å². The van der Waals surface area contributed by atoms with E-state index in [9.17, 15) is 4.39 Å². The fourth-order valence-corrected chi connectivity index (χ4v) is 1.46. The Morgan fingerprint density at radius 1 is 1.33 bits per heavy atom. The standard InChI is InChI=1S/C12H13FN2/c1-9-11(13)3-2-4-12(9)15-8-10-5-6-14-7-10/h2-7,14-15H,8H2,1H3. The Kier molecular flexibility index (Phi) is 2.72. The highest BCUT2D eigenvalue weighted by Crippen LogP contribution is 2.18. The molecule has 0 amide bonds. The third-order valence-electron chi connectivity index (χ3n) is 2.41. The van der Waals surface area contributed by atoms with E-state index in [1.165, 1.54) is 6.07 Å². The highest BCUT2D eigenvalue weighted by Gasteiger charge is 2.02. The van der Waals surface area contributed by atoms with Crippen LogP contribution in [0.1, 0.15) is 11.1 Å². The molecule has 15 heavy (non-hydrogen) atoms. The number of H-pyrrole nitrogens is 1. The summed E-state index contributed by atoms with van der Waals surface area (Å²) >= 11 is 0. The molecule has 2 N–H and O–H groups in total. The predicted molar refractivity (Wildman–Crippen MR) is 59.3 cm³/mol. The normalized spacial score (nSPS) is 10.3. The third kappa shape index (κ3) is 2.18. The first-order chi connectivity index (χ1) is 7.27. The molecule has 1 heterocycles. The average Bonchev–Trinajstić information content (AvgIpc) is 2.73. The number of aromatic nitrogens is 1. The molecular formula is C12H13FN2. The molecule has 0 fully saturated rings. The largest absolute Gasteiger partial charge is 0.381 e. The van der Waals surface area contributed by atoms with E-state index in [1.54, 1.807) is 13.0 Å². The molecule has 1 aromatic carbocycles. The first-order valence-electron chi connectivity index (χ1n) is 4.88. The second-order valence-corrected chi connectivity index (χ2v) is 3.49. The van der Waals surface area contributed by atoms with Crippen molar-refractivity contribution < 1.29 is 4.39 Å². The molecule has 0 aliphatic carbocycles. The second-order valence-electron chi connectivity index (χ2n) is 3.49. The average molecular weight is 204 g/mol. The molecule has 2 rings (SSSR count). The highest BCUT2D eigenvalue weighted by molar-refractivity contribution is 5.51. The van der Waals surface area contributed by atoms with Crippen LogP contribution in [-0.4, -0.2) is 4.98 Å². The van der Waals surface area contributed by atoms with E-state index >= 15 is 0 Å². The van der Waals surface area contributed by atoms with Gasteiger partial charge in [-0.15, -0.1) is 0 Å². The summed E-state index contributed by atoms with van der Waals surface area (Å²) < 4.78 is 13.2. The molecule has 0 unspecified atom stereocenters. The van der Waals surface area contributed by atoms with Gasteiger partial charge in [0.05, 0.1) is 0 Å². The fourth-order valence-electron chi connectivity index (χ4n) is 1.46. The minimum absolute atomic E-state index is 0.172. The summed E-state index contributed by atoms with van der Waals surface area (Å²) in [4.78, 5) is 2.98. The Hall–Kier alpha value is -1.77. The van der Waals surface area contributed by atoms with Crippen molar-refractivity contribution in [3.05, 3.63) is 53.6 Å². The number of hydrogen-bond acceptors (Lipinski definition) is 1. The number of hydrogen-bond donors (Lipinski definition) is 2. The number of anilines is 1. The van der Waals surface area contributed by atoms with Crippen LogP contribution in [0.4, 0.5) is 10.1 Å². The van der Waals surface area contributed by atoms with Crippen molar-refractivity contribution in [3.63, 3.8) is 0 Å². The lowest BCUT2D eigenvalue weighted by Crippen LogP contribution is -2.00. The lowest BCUT2D eigenvalue weighted by Gasteiger charge is -2.08. The molecule has 0 saturated carbocycles. The van der Waals surface area contributed by atoms with Crippen molar-refractivity contribution in [1.29, 1.82) is 0 Å². The minimum atomic E-state index is -0.172. The smallest absolute Gasteiger partial charge is 0.128 e. The summed E-state index contributed by atoms with van der Waals surface area (Å²) in [5.41, 5.74) is 2.66. The maximum Gasteiger partial charge on any atom is 0.128 e. The molecule has 0 spiro atoms. The van der Waals surface area contributed by atoms with Gasteiger partial charge in [0.15, 0.2) is 0 Å². The summed E-state index contributed by atoms with van der Waals surface area (Å²) in [5.74, 6) is -0.172. The maximum absolute atomic E-state index is 13.2. The minimum Gasteiger partial charge on any atom is -0.381 e. The molecule has 0 saturated heterocycles. The van der Waals surface area contributed by atoms with Crippen molar-refractivity contribution in [2.45, 2.75) is 13.5 Å². The van der Waals surface area contributed by atoms with E-state index in [0.717, 1.165) is 11.3 Å². The molecule has 2 nitrogen and oxygen atoms in total. The molecule has 0 atom stereocenters. The summed E-state index contributed by atoms with van der Waals surface area (Å²) in [6, 6.07) is 7.05. The van der Waals surface area contributed by atoms with Crippen LogP contribution in [0, 0.1) is 12.7 Å². The molecule has 0 aliphatic rings. The third-order valence-corrected chi connectivity index (χ3v) is 2.41. The van der Waals surface area contributed by atoms with Gasteiger partial charge in [-0.3, -0.25) is 0 Å². The van der Waals surface area contributed by atoms with Gasteiger partial charge in [0.25, 0.3) is 0 Å². The zero-order chi connectivity index (χ0) is 10.7. The van der Waals surface area contributed by atoms with Crippen LogP contribution in [0.5, 0.6) is 0 Å². The topological polar surface area (TPSA) is 27.8 Å². The number of halogens is 1. The predicted octanol–water partition coefficient (Wildman–Crippen LogP) is 3.07. The van der Waals surface area contributed by atoms with Gasteiger partial charge in [0.1, 0.15) is 5.82 Å². The first-order valence-corrected chi connectivity index (χ1v) is 4.88. The summed E-state index contributed by atoms with van der Waals surface area (Å²) in [6.45, 7) is 2.47. The van der Waals surface area contributed by atoms with Crippen LogP contribution >= 0.6 is 0 Å². The van der Waals surface area contributed by atoms with Gasteiger partial charge >= 0.3 is 0 Å². The van der Waals surface area contributed by atoms with Crippen LogP contribution in [0.3, 0.4) is 0 Å². The summed E-state index contributed by atoms with van der Waals surface area (Å²) in [7, 11) is 0. The monoisotopic (exact) mass is 204 g/mol. The van der Waals surface area contributed by atoms with Gasteiger partial charge in [-0.05, 0) is 30.7 Å². The van der Waals surface area contributed by atoms with E-state index in [0.29, 0.717) is 12.1 Å². The van der Waals surface area contributed by atoms with Gasteiger partial charge in [-0.2, -0.15) is 0 Å². The summed E-state index contributed by atoms with van der Waals surface area (Å²) in [6.07, 6.45) is 3.79. The van der Waals surface area contributed by atoms with Crippen LogP contribution in [0.2, 0.25) is 0 Å². The van der Waals surface area contributed by atoms with Crippen molar-refractivity contribution in [3.8, 4) is 0 Å². The molecule has 78 valence electrons. The van der Waals surface area contributed by atoms with Crippen LogP contribution in [0.25, 0.3) is 0 Å². The molecule has 3 heteroatoms. The number of aromatic amines is 1. The number of nitrogens with one attached hydrogen (secondary N) is 2. The Morgan fingerprint density at radius 2 is 2.20 bits per heavy atom. The van der Waals surface area contributed by atoms with Crippen molar-refractivity contribution in [1.82, 2.24) is 4.98 Å². The SMILES string of the molecule is Cc1c(F)cccc1NCc1cc[nH]c1. The van der Waals surface area contributed by atoms with Gasteiger partial charge in [-0.25, -0.2) is 4.39 Å². The van der Waals surface area contributed by atoms with E-state index < -0.39 is 0 Å². The lowest BCUT2D eigenvalue weighted by molar-refractivity contribution is 0.619. The molecular weight excluding hydrogens is 191 g/mol. The Balaban J connectivity index is 2.08. The Bertz CT molecular complexity index is 435. The van der Waals surface area contributed by atoms with Crippen molar-refractivity contribution in [2.75, 3.05) is 5.32 Å². The van der Waals surface area contributed by atoms with Crippen molar-refractivity contribution in [2.24, 2.45) is 0 Å². The fraction of sp³-hybridized carbons (Fsp3) is 0.167. The zero-order valence-corrected chi connectivity index (χ0v) is 8.55. The van der Waals surface area contributed by atoms with E-state index in [1.807, 2.05) is 24.5 Å². The first kappa shape index (κ1) is 9.77. The Morgan fingerprint density at radius 3 is 2.93 bits per heavy atom.